The van der Waals surface area contributed by atoms with Crippen LogP contribution in [0.2, 0.25) is 0 Å². The quantitative estimate of drug-likeness (QED) is 0.253. The summed E-state index contributed by atoms with van der Waals surface area (Å²) in [5.41, 5.74) is 6.18. The zero-order valence-electron chi connectivity index (χ0n) is 27.6. The average Bonchev–Trinajstić information content (AvgIpc) is 3.42. The number of amides is 1. The topological polar surface area (TPSA) is 85.4 Å². The minimum absolute atomic E-state index is 0.00993. The predicted octanol–water partition coefficient (Wildman–Crippen LogP) is 5.64. The second-order valence-electron chi connectivity index (χ2n) is 13.7. The van der Waals surface area contributed by atoms with E-state index in [0.29, 0.717) is 49.3 Å². The average molecular weight is 649 g/mol. The molecule has 46 heavy (non-hydrogen) atoms. The third-order valence-electron chi connectivity index (χ3n) is 10.5. The first-order valence-electron chi connectivity index (χ1n) is 15.9. The number of piperazine rings is 1. The van der Waals surface area contributed by atoms with Crippen molar-refractivity contribution in [2.45, 2.75) is 77.0 Å². The summed E-state index contributed by atoms with van der Waals surface area (Å²) in [7, 11) is -5.86. The molecule has 6 rings (SSSR count). The highest BCUT2D eigenvalue weighted by molar-refractivity contribution is 7.86. The first kappa shape index (κ1) is 32.7. The van der Waals surface area contributed by atoms with E-state index in [9.17, 15) is 17.1 Å². The summed E-state index contributed by atoms with van der Waals surface area (Å²) >= 11 is 0. The fraction of sp³-hybridized carbons (Fsp3) is 0.457. The molecule has 2 saturated heterocycles. The smallest absolute Gasteiger partial charge is 0.448 e. The van der Waals surface area contributed by atoms with E-state index in [-0.39, 0.29) is 23.5 Å². The van der Waals surface area contributed by atoms with Crippen molar-refractivity contribution in [2.24, 2.45) is 0 Å². The van der Waals surface area contributed by atoms with Crippen molar-refractivity contribution in [1.29, 1.82) is 0 Å². The van der Waals surface area contributed by atoms with Crippen molar-refractivity contribution in [2.75, 3.05) is 32.8 Å². The first-order chi connectivity index (χ1) is 21.6. The van der Waals surface area contributed by atoms with E-state index in [4.69, 9.17) is 14.0 Å². The van der Waals surface area contributed by atoms with Crippen LogP contribution < -0.4 is 5.46 Å². The fourth-order valence-corrected chi connectivity index (χ4v) is 8.15. The molecule has 244 valence electrons. The molecule has 1 amide bonds. The number of hydrogen-bond donors (Lipinski definition) is 0. The van der Waals surface area contributed by atoms with Crippen molar-refractivity contribution < 1.29 is 31.1 Å². The van der Waals surface area contributed by atoms with E-state index >= 15 is 0 Å². The number of nitrogens with zero attached hydrogens (tertiary/aromatic N) is 2. The van der Waals surface area contributed by atoms with Crippen LogP contribution in [-0.4, -0.2) is 75.4 Å². The number of halogens is 1. The van der Waals surface area contributed by atoms with Crippen molar-refractivity contribution in [3.05, 3.63) is 81.9 Å². The van der Waals surface area contributed by atoms with Gasteiger partial charge in [-0.3, -0.25) is 4.90 Å². The van der Waals surface area contributed by atoms with Crippen LogP contribution in [-0.2, 0) is 30.8 Å². The zero-order chi connectivity index (χ0) is 33.2. The molecule has 2 heterocycles. The first-order valence-corrected chi connectivity index (χ1v) is 17.2. The van der Waals surface area contributed by atoms with E-state index in [1.54, 1.807) is 18.7 Å². The molecular weight excluding hydrogens is 606 g/mol. The van der Waals surface area contributed by atoms with Crippen LogP contribution in [0.25, 0.3) is 11.1 Å². The predicted molar refractivity (Wildman–Crippen MR) is 177 cm³/mol. The van der Waals surface area contributed by atoms with Gasteiger partial charge in [0.2, 0.25) is 0 Å². The Kier molecular flexibility index (Phi) is 8.36. The Balaban J connectivity index is 1.16. The van der Waals surface area contributed by atoms with Crippen LogP contribution in [0.5, 0.6) is 0 Å². The Labute approximate surface area is 272 Å². The van der Waals surface area contributed by atoms with Gasteiger partial charge in [0.05, 0.1) is 11.2 Å². The highest BCUT2D eigenvalue weighted by atomic mass is 32.3. The number of carbonyl (C=O) groups excluding carboxylic acids is 1. The standard InChI is InChI=1S/C35H42BFN2O6S/c1-22-29(23(2)32(46(37,41)42)24(3)31(22)36-44-34(4,5)35(6,7)45-36)20-38-16-18-39(19-17-38)33(40)43-21-30-27-14-10-8-12-25(27)26-13-9-11-15-28(26)30/h8-15,30H,16-21H2,1-7H3. The number of hydrogen-bond acceptors (Lipinski definition) is 7. The molecule has 3 aliphatic rings. The van der Waals surface area contributed by atoms with Crippen molar-refractivity contribution in [3.63, 3.8) is 0 Å². The molecule has 0 atom stereocenters. The summed E-state index contributed by atoms with van der Waals surface area (Å²) < 4.78 is 58.2. The molecule has 11 heteroatoms. The molecule has 0 N–H and O–H groups in total. The van der Waals surface area contributed by atoms with Crippen molar-refractivity contribution in [1.82, 2.24) is 9.80 Å². The Morgan fingerprint density at radius 3 is 1.91 bits per heavy atom. The summed E-state index contributed by atoms with van der Waals surface area (Å²) in [6.07, 6.45) is -0.349. The summed E-state index contributed by atoms with van der Waals surface area (Å²) in [5, 5.41) is 0. The van der Waals surface area contributed by atoms with E-state index in [2.05, 4.69) is 29.2 Å². The molecular formula is C35H42BFN2O6S. The van der Waals surface area contributed by atoms with Gasteiger partial charge in [0.1, 0.15) is 11.5 Å². The van der Waals surface area contributed by atoms with Gasteiger partial charge in [-0.1, -0.05) is 48.5 Å². The molecule has 2 aliphatic heterocycles. The Hall–Kier alpha value is -3.25. The lowest BCUT2D eigenvalue weighted by Crippen LogP contribution is -2.49. The lowest BCUT2D eigenvalue weighted by molar-refractivity contribution is 0.00578. The highest BCUT2D eigenvalue weighted by Crippen LogP contribution is 2.44. The molecule has 0 aromatic heterocycles. The molecule has 1 aliphatic carbocycles. The van der Waals surface area contributed by atoms with Crippen LogP contribution >= 0.6 is 0 Å². The molecule has 0 spiro atoms. The summed E-state index contributed by atoms with van der Waals surface area (Å²) in [5.74, 6) is -0.00993. The fourth-order valence-electron chi connectivity index (χ4n) is 7.18. The lowest BCUT2D eigenvalue weighted by Gasteiger charge is -2.35. The third-order valence-corrected chi connectivity index (χ3v) is 11.6. The Bertz CT molecular complexity index is 1740. The molecule has 0 radical (unpaired) electrons. The highest BCUT2D eigenvalue weighted by Gasteiger charge is 2.53. The van der Waals surface area contributed by atoms with Crippen LogP contribution in [0.4, 0.5) is 8.68 Å². The Morgan fingerprint density at radius 1 is 0.870 bits per heavy atom. The molecule has 3 aromatic rings. The SMILES string of the molecule is Cc1c(CN2CCN(C(=O)OCC3c4ccccc4-c4ccccc43)CC2)c(C)c(S(=O)(=O)F)c(C)c1B1OC(C)(C)C(C)(C)O1. The Morgan fingerprint density at radius 2 is 1.39 bits per heavy atom. The van der Waals surface area contributed by atoms with Gasteiger partial charge in [0.25, 0.3) is 0 Å². The van der Waals surface area contributed by atoms with E-state index in [1.165, 1.54) is 22.3 Å². The minimum atomic E-state index is -5.02. The van der Waals surface area contributed by atoms with Gasteiger partial charge in [-0.2, -0.15) is 8.42 Å². The van der Waals surface area contributed by atoms with Crippen LogP contribution in [0.3, 0.4) is 0 Å². The number of carbonyl (C=O) groups is 1. The number of fused-ring (bicyclic) bond motifs is 3. The zero-order valence-corrected chi connectivity index (χ0v) is 28.5. The number of ether oxygens (including phenoxy) is 1. The van der Waals surface area contributed by atoms with Crippen molar-refractivity contribution >= 4 is 28.9 Å². The number of benzene rings is 3. The molecule has 0 unspecified atom stereocenters. The van der Waals surface area contributed by atoms with Crippen LogP contribution in [0, 0.1) is 20.8 Å². The lowest BCUT2D eigenvalue weighted by atomic mass is 9.71. The number of rotatable bonds is 6. The maximum Gasteiger partial charge on any atom is 0.495 e. The second kappa shape index (κ2) is 11.8. The molecule has 8 nitrogen and oxygen atoms in total. The monoisotopic (exact) mass is 648 g/mol. The van der Waals surface area contributed by atoms with Gasteiger partial charge in [0, 0.05) is 38.6 Å². The van der Waals surface area contributed by atoms with Gasteiger partial charge in [-0.05, 0) is 98.4 Å². The van der Waals surface area contributed by atoms with Crippen LogP contribution in [0.1, 0.15) is 67.0 Å². The minimum Gasteiger partial charge on any atom is -0.448 e. The maximum atomic E-state index is 14.8. The largest absolute Gasteiger partial charge is 0.495 e. The molecule has 2 fully saturated rings. The molecule has 3 aromatic carbocycles. The van der Waals surface area contributed by atoms with Gasteiger partial charge >= 0.3 is 23.4 Å². The van der Waals surface area contributed by atoms with Gasteiger partial charge in [-0.15, -0.1) is 3.89 Å². The van der Waals surface area contributed by atoms with Gasteiger partial charge in [-0.25, -0.2) is 4.79 Å². The van der Waals surface area contributed by atoms with Gasteiger partial charge in [0.15, 0.2) is 0 Å². The van der Waals surface area contributed by atoms with Crippen molar-refractivity contribution in [3.8, 4) is 11.1 Å². The van der Waals surface area contributed by atoms with Crippen LogP contribution in [0.15, 0.2) is 53.4 Å². The summed E-state index contributed by atoms with van der Waals surface area (Å²) in [6.45, 7) is 15.6. The van der Waals surface area contributed by atoms with Gasteiger partial charge < -0.3 is 18.9 Å². The summed E-state index contributed by atoms with van der Waals surface area (Å²) in [4.78, 5) is 16.7. The van der Waals surface area contributed by atoms with E-state index < -0.39 is 28.5 Å². The van der Waals surface area contributed by atoms with E-state index in [0.717, 1.165) is 11.1 Å². The third kappa shape index (κ3) is 5.65. The molecule has 0 bridgehead atoms. The summed E-state index contributed by atoms with van der Waals surface area (Å²) in [6, 6.07) is 16.5. The normalized spacial score (nSPS) is 19.3. The maximum absolute atomic E-state index is 14.8. The second-order valence-corrected chi connectivity index (χ2v) is 15.0. The molecule has 0 saturated carbocycles. The van der Waals surface area contributed by atoms with E-state index in [1.807, 2.05) is 58.9 Å².